The van der Waals surface area contributed by atoms with Crippen LogP contribution in [0.1, 0.15) is 40.0 Å². The van der Waals surface area contributed by atoms with E-state index >= 15 is 0 Å². The van der Waals surface area contributed by atoms with Crippen molar-refractivity contribution in [1.29, 1.82) is 0 Å². The smallest absolute Gasteiger partial charge is 0.411 e. The molecule has 0 bridgehead atoms. The van der Waals surface area contributed by atoms with Crippen LogP contribution in [0.25, 0.3) is 0 Å². The molecule has 0 radical (unpaired) electrons. The fraction of sp³-hybridized carbons (Fsp3) is 0.909. The molecule has 15 heavy (non-hydrogen) atoms. The van der Waals surface area contributed by atoms with E-state index in [0.717, 1.165) is 6.54 Å². The standard InChI is InChI=1S/C11H18INO2/c1-10(2,3)15-9(14)13-7-11(8(13)12)5-4-6-11/h8H,4-7H2,1-3H3. The van der Waals surface area contributed by atoms with Gasteiger partial charge < -0.3 is 4.74 Å². The lowest BCUT2D eigenvalue weighted by Gasteiger charge is -2.59. The van der Waals surface area contributed by atoms with Gasteiger partial charge in [0.25, 0.3) is 0 Å². The van der Waals surface area contributed by atoms with Gasteiger partial charge in [-0.05, 0) is 33.6 Å². The first-order valence-corrected chi connectivity index (χ1v) is 6.72. The molecule has 0 N–H and O–H groups in total. The average Bonchev–Trinajstić information content (AvgIpc) is 1.95. The van der Waals surface area contributed by atoms with Crippen LogP contribution in [-0.2, 0) is 4.74 Å². The van der Waals surface area contributed by atoms with Crippen LogP contribution >= 0.6 is 22.6 Å². The number of carbonyl (C=O) groups excluding carboxylic acids is 1. The second-order valence-electron chi connectivity index (χ2n) is 5.66. The quantitative estimate of drug-likeness (QED) is 0.389. The van der Waals surface area contributed by atoms with Crippen LogP contribution in [0, 0.1) is 5.41 Å². The number of likely N-dealkylation sites (tertiary alicyclic amines) is 1. The largest absolute Gasteiger partial charge is 0.444 e. The highest BCUT2D eigenvalue weighted by Gasteiger charge is 2.57. The van der Waals surface area contributed by atoms with E-state index in [9.17, 15) is 4.79 Å². The van der Waals surface area contributed by atoms with Gasteiger partial charge in [0.1, 0.15) is 5.60 Å². The maximum atomic E-state index is 11.8. The van der Waals surface area contributed by atoms with E-state index in [1.165, 1.54) is 19.3 Å². The minimum Gasteiger partial charge on any atom is -0.444 e. The normalized spacial score (nSPS) is 28.3. The molecule has 0 aromatic carbocycles. The van der Waals surface area contributed by atoms with Gasteiger partial charge in [-0.3, -0.25) is 4.90 Å². The molecule has 1 aliphatic carbocycles. The number of amides is 1. The third-order valence-corrected chi connectivity index (χ3v) is 5.24. The molecule has 1 heterocycles. The first-order chi connectivity index (χ1) is 6.84. The van der Waals surface area contributed by atoms with Gasteiger partial charge in [0.05, 0.1) is 4.05 Å². The summed E-state index contributed by atoms with van der Waals surface area (Å²) in [5, 5.41) is 0. The van der Waals surface area contributed by atoms with Gasteiger partial charge in [0.15, 0.2) is 0 Å². The fourth-order valence-corrected chi connectivity index (χ4v) is 3.46. The van der Waals surface area contributed by atoms with Gasteiger partial charge in [0, 0.05) is 12.0 Å². The topological polar surface area (TPSA) is 29.5 Å². The zero-order valence-corrected chi connectivity index (χ0v) is 11.7. The summed E-state index contributed by atoms with van der Waals surface area (Å²) in [4.78, 5) is 13.6. The molecule has 2 fully saturated rings. The van der Waals surface area contributed by atoms with Crippen molar-refractivity contribution in [3.8, 4) is 0 Å². The minimum absolute atomic E-state index is 0.153. The van der Waals surface area contributed by atoms with Crippen LogP contribution in [-0.4, -0.2) is 27.2 Å². The summed E-state index contributed by atoms with van der Waals surface area (Å²) in [6.07, 6.45) is 3.72. The summed E-state index contributed by atoms with van der Waals surface area (Å²) in [6.45, 7) is 6.62. The van der Waals surface area contributed by atoms with Crippen molar-refractivity contribution in [2.45, 2.75) is 49.7 Å². The van der Waals surface area contributed by atoms with Crippen molar-refractivity contribution in [3.63, 3.8) is 0 Å². The Kier molecular flexibility index (Phi) is 2.68. The zero-order chi connectivity index (χ0) is 11.3. The number of carbonyl (C=O) groups is 1. The molecule has 1 saturated carbocycles. The molecule has 1 amide bonds. The summed E-state index contributed by atoms with van der Waals surface area (Å²) >= 11 is 2.38. The molecule has 3 nitrogen and oxygen atoms in total. The highest BCUT2D eigenvalue weighted by Crippen LogP contribution is 2.55. The molecule has 4 heteroatoms. The molecule has 0 aromatic rings. The molecule has 1 aliphatic heterocycles. The number of hydrogen-bond acceptors (Lipinski definition) is 2. The highest BCUT2D eigenvalue weighted by molar-refractivity contribution is 14.1. The maximum Gasteiger partial charge on any atom is 0.411 e. The van der Waals surface area contributed by atoms with Gasteiger partial charge in [0.2, 0.25) is 0 Å². The number of halogens is 1. The van der Waals surface area contributed by atoms with Crippen molar-refractivity contribution in [1.82, 2.24) is 4.90 Å². The maximum absolute atomic E-state index is 11.8. The van der Waals surface area contributed by atoms with Gasteiger partial charge in [-0.2, -0.15) is 0 Å². The Hall–Kier alpha value is 0. The van der Waals surface area contributed by atoms with Crippen LogP contribution in [0.2, 0.25) is 0 Å². The summed E-state index contributed by atoms with van der Waals surface area (Å²) in [5.41, 5.74) is 0.0628. The van der Waals surface area contributed by atoms with E-state index < -0.39 is 0 Å². The number of ether oxygens (including phenoxy) is 1. The SMILES string of the molecule is CC(C)(C)OC(=O)N1CC2(CCC2)C1I. The van der Waals surface area contributed by atoms with Crippen molar-refractivity contribution in [3.05, 3.63) is 0 Å². The predicted molar refractivity (Wildman–Crippen MR) is 67.0 cm³/mol. The van der Waals surface area contributed by atoms with Gasteiger partial charge in [-0.15, -0.1) is 0 Å². The molecular formula is C11H18INO2. The lowest BCUT2D eigenvalue weighted by Crippen LogP contribution is -2.66. The molecule has 1 unspecified atom stereocenters. The van der Waals surface area contributed by atoms with Crippen LogP contribution in [0.5, 0.6) is 0 Å². The Balaban J connectivity index is 1.89. The fourth-order valence-electron chi connectivity index (χ4n) is 2.22. The monoisotopic (exact) mass is 323 g/mol. The summed E-state index contributed by atoms with van der Waals surface area (Å²) in [7, 11) is 0. The number of rotatable bonds is 0. The third kappa shape index (κ3) is 1.97. The van der Waals surface area contributed by atoms with E-state index in [2.05, 4.69) is 22.6 Å². The molecule has 86 valence electrons. The van der Waals surface area contributed by atoms with Crippen LogP contribution in [0.4, 0.5) is 4.79 Å². The summed E-state index contributed by atoms with van der Waals surface area (Å²) in [6, 6.07) is 0. The number of alkyl halides is 1. The molecule has 1 spiro atoms. The molecular weight excluding hydrogens is 305 g/mol. The van der Waals surface area contributed by atoms with E-state index in [1.807, 2.05) is 25.7 Å². The second kappa shape index (κ2) is 3.50. The Morgan fingerprint density at radius 2 is 2.07 bits per heavy atom. The average molecular weight is 323 g/mol. The molecule has 1 saturated heterocycles. The first kappa shape index (κ1) is 11.5. The Morgan fingerprint density at radius 1 is 1.47 bits per heavy atom. The lowest BCUT2D eigenvalue weighted by molar-refractivity contribution is -0.0776. The van der Waals surface area contributed by atoms with E-state index in [1.54, 1.807) is 0 Å². The summed E-state index contributed by atoms with van der Waals surface area (Å²) in [5.74, 6) is 0. The van der Waals surface area contributed by atoms with Crippen molar-refractivity contribution < 1.29 is 9.53 Å². The van der Waals surface area contributed by atoms with Crippen molar-refractivity contribution in [2.75, 3.05) is 6.54 Å². The van der Waals surface area contributed by atoms with E-state index in [-0.39, 0.29) is 11.7 Å². The van der Waals surface area contributed by atoms with Gasteiger partial charge >= 0.3 is 6.09 Å². The second-order valence-corrected chi connectivity index (χ2v) is 6.84. The van der Waals surface area contributed by atoms with E-state index in [4.69, 9.17) is 4.74 Å². The highest BCUT2D eigenvalue weighted by atomic mass is 127. The summed E-state index contributed by atoms with van der Waals surface area (Å²) < 4.78 is 5.70. The van der Waals surface area contributed by atoms with Crippen molar-refractivity contribution in [2.24, 2.45) is 5.41 Å². The minimum atomic E-state index is -0.379. The number of hydrogen-bond donors (Lipinski definition) is 0. The van der Waals surface area contributed by atoms with E-state index in [0.29, 0.717) is 9.46 Å². The van der Waals surface area contributed by atoms with Gasteiger partial charge in [-0.25, -0.2) is 4.79 Å². The Bertz CT molecular complexity index is 281. The zero-order valence-electron chi connectivity index (χ0n) is 9.55. The third-order valence-electron chi connectivity index (χ3n) is 3.24. The molecule has 1 atom stereocenters. The first-order valence-electron chi connectivity index (χ1n) is 5.48. The Labute approximate surface area is 105 Å². The van der Waals surface area contributed by atoms with Crippen LogP contribution < -0.4 is 0 Å². The number of nitrogens with zero attached hydrogens (tertiary/aromatic N) is 1. The van der Waals surface area contributed by atoms with Gasteiger partial charge in [-0.1, -0.05) is 29.0 Å². The molecule has 2 aliphatic rings. The lowest BCUT2D eigenvalue weighted by atomic mass is 9.64. The van der Waals surface area contributed by atoms with Crippen LogP contribution in [0.15, 0.2) is 0 Å². The predicted octanol–water partition coefficient (Wildman–Crippen LogP) is 3.17. The van der Waals surface area contributed by atoms with Crippen molar-refractivity contribution >= 4 is 28.7 Å². The van der Waals surface area contributed by atoms with Crippen LogP contribution in [0.3, 0.4) is 0 Å². The molecule has 0 aromatic heterocycles. The Morgan fingerprint density at radius 3 is 2.40 bits per heavy atom. The molecule has 2 rings (SSSR count).